The fourth-order valence-electron chi connectivity index (χ4n) is 1.87. The molecule has 2 amide bonds. The lowest BCUT2D eigenvalue weighted by Gasteiger charge is -2.16. The summed E-state index contributed by atoms with van der Waals surface area (Å²) in [4.78, 5) is 31.9. The molecule has 0 aromatic heterocycles. The zero-order chi connectivity index (χ0) is 22.9. The summed E-state index contributed by atoms with van der Waals surface area (Å²) in [5.41, 5.74) is 0.569. The first-order valence-corrected chi connectivity index (χ1v) is 9.76. The van der Waals surface area contributed by atoms with Gasteiger partial charge >= 0.3 is 0 Å². The molecule has 0 unspecified atom stereocenters. The molecule has 2 N–H and O–H groups in total. The SMILES string of the molecule is C=C(CN(C=O)C(=O)/C=C\C)NCCOCCOCCOCCOCCC.O=CO. The number of carboxylic acid groups (broad SMARTS) is 1. The van der Waals surface area contributed by atoms with E-state index in [4.69, 9.17) is 28.8 Å². The first kappa shape index (κ1) is 29.9. The summed E-state index contributed by atoms with van der Waals surface area (Å²) in [7, 11) is 0. The van der Waals surface area contributed by atoms with Crippen molar-refractivity contribution in [1.29, 1.82) is 0 Å². The third-order valence-corrected chi connectivity index (χ3v) is 3.17. The Morgan fingerprint density at radius 2 is 1.43 bits per heavy atom. The summed E-state index contributed by atoms with van der Waals surface area (Å²) in [5, 5.41) is 9.90. The van der Waals surface area contributed by atoms with Crippen LogP contribution < -0.4 is 5.32 Å². The highest BCUT2D eigenvalue weighted by Crippen LogP contribution is 1.94. The second-order valence-electron chi connectivity index (χ2n) is 5.66. The zero-order valence-electron chi connectivity index (χ0n) is 18.0. The van der Waals surface area contributed by atoms with E-state index >= 15 is 0 Å². The summed E-state index contributed by atoms with van der Waals surface area (Å²) in [5.74, 6) is -0.374. The molecular formula is C20H36N2O8. The molecule has 0 rings (SSSR count). The number of carbonyl (C=O) groups excluding carboxylic acids is 2. The van der Waals surface area contributed by atoms with Gasteiger partial charge in [0.05, 0.1) is 52.8 Å². The van der Waals surface area contributed by atoms with E-state index in [-0.39, 0.29) is 18.9 Å². The molecule has 0 aliphatic rings. The molecule has 0 saturated heterocycles. The highest BCUT2D eigenvalue weighted by Gasteiger charge is 2.10. The van der Waals surface area contributed by atoms with Crippen LogP contribution in [-0.2, 0) is 33.3 Å². The van der Waals surface area contributed by atoms with Crippen LogP contribution >= 0.6 is 0 Å². The van der Waals surface area contributed by atoms with Crippen molar-refractivity contribution in [3.63, 3.8) is 0 Å². The number of allylic oxidation sites excluding steroid dienone is 1. The Balaban J connectivity index is 0. The number of nitrogens with one attached hydrogen (secondary N) is 1. The molecule has 0 aromatic rings. The van der Waals surface area contributed by atoms with E-state index in [0.29, 0.717) is 64.9 Å². The molecular weight excluding hydrogens is 396 g/mol. The molecule has 0 radical (unpaired) electrons. The van der Waals surface area contributed by atoms with E-state index in [2.05, 4.69) is 18.8 Å². The number of imide groups is 1. The second kappa shape index (κ2) is 24.8. The van der Waals surface area contributed by atoms with E-state index < -0.39 is 0 Å². The van der Waals surface area contributed by atoms with Gasteiger partial charge in [0, 0.05) is 18.8 Å². The Labute approximate surface area is 178 Å². The van der Waals surface area contributed by atoms with Gasteiger partial charge in [0.25, 0.3) is 12.4 Å². The predicted molar refractivity (Wildman–Crippen MR) is 112 cm³/mol. The highest BCUT2D eigenvalue weighted by atomic mass is 16.6. The number of nitrogens with zero attached hydrogens (tertiary/aromatic N) is 1. The monoisotopic (exact) mass is 432 g/mol. The van der Waals surface area contributed by atoms with Gasteiger partial charge in [-0.05, 0) is 19.4 Å². The van der Waals surface area contributed by atoms with Gasteiger partial charge in [-0.25, -0.2) is 0 Å². The molecule has 174 valence electrons. The molecule has 0 aromatic carbocycles. The van der Waals surface area contributed by atoms with Crippen LogP contribution in [0.4, 0.5) is 0 Å². The highest BCUT2D eigenvalue weighted by molar-refractivity contribution is 5.94. The Morgan fingerprint density at radius 3 is 1.87 bits per heavy atom. The summed E-state index contributed by atoms with van der Waals surface area (Å²) in [6.07, 6.45) is 4.42. The number of ether oxygens (including phenoxy) is 4. The Morgan fingerprint density at radius 1 is 0.967 bits per heavy atom. The van der Waals surface area contributed by atoms with Crippen LogP contribution in [0.15, 0.2) is 24.4 Å². The van der Waals surface area contributed by atoms with E-state index in [1.54, 1.807) is 13.0 Å². The van der Waals surface area contributed by atoms with Crippen molar-refractivity contribution in [2.45, 2.75) is 20.3 Å². The zero-order valence-corrected chi connectivity index (χ0v) is 18.0. The maximum atomic E-state index is 11.6. The van der Waals surface area contributed by atoms with Crippen LogP contribution in [0.25, 0.3) is 0 Å². The molecule has 10 nitrogen and oxygen atoms in total. The standard InChI is InChI=1S/C19H34N2O6.CH2O2/c1-4-6-19(23)21(17-22)16-18(3)20-7-9-25-11-13-27-15-14-26-12-10-24-8-5-2;2-1-3/h4,6,17,20H,3,5,7-16H2,1-2H3;1H,(H,2,3)/b6-4-;. The maximum absolute atomic E-state index is 11.6. The van der Waals surface area contributed by atoms with E-state index in [0.717, 1.165) is 17.9 Å². The fraction of sp³-hybridized carbons (Fsp3) is 0.650. The summed E-state index contributed by atoms with van der Waals surface area (Å²) < 4.78 is 21.5. The lowest BCUT2D eigenvalue weighted by atomic mass is 10.4. The van der Waals surface area contributed by atoms with Crippen molar-refractivity contribution in [3.8, 4) is 0 Å². The van der Waals surface area contributed by atoms with E-state index in [9.17, 15) is 9.59 Å². The number of carbonyl (C=O) groups is 3. The maximum Gasteiger partial charge on any atom is 0.290 e. The summed E-state index contributed by atoms with van der Waals surface area (Å²) >= 11 is 0. The van der Waals surface area contributed by atoms with Gasteiger partial charge in [-0.1, -0.05) is 19.6 Å². The average Bonchev–Trinajstić information content (AvgIpc) is 2.73. The molecule has 0 aliphatic heterocycles. The van der Waals surface area contributed by atoms with Gasteiger partial charge in [0.1, 0.15) is 0 Å². The first-order chi connectivity index (χ1) is 14.6. The van der Waals surface area contributed by atoms with Crippen LogP contribution in [0.2, 0.25) is 0 Å². The third-order valence-electron chi connectivity index (χ3n) is 3.17. The van der Waals surface area contributed by atoms with Crippen molar-refractivity contribution in [1.82, 2.24) is 10.2 Å². The van der Waals surface area contributed by atoms with Crippen LogP contribution in [0.3, 0.4) is 0 Å². The van der Waals surface area contributed by atoms with Gasteiger partial charge < -0.3 is 29.4 Å². The minimum absolute atomic E-state index is 0.124. The van der Waals surface area contributed by atoms with Crippen molar-refractivity contribution in [3.05, 3.63) is 24.4 Å². The lowest BCUT2D eigenvalue weighted by Crippen LogP contribution is -2.34. The minimum Gasteiger partial charge on any atom is -0.483 e. The molecule has 0 atom stereocenters. The largest absolute Gasteiger partial charge is 0.483 e. The van der Waals surface area contributed by atoms with Gasteiger partial charge in [0.15, 0.2) is 0 Å². The molecule has 0 bridgehead atoms. The molecule has 30 heavy (non-hydrogen) atoms. The van der Waals surface area contributed by atoms with Gasteiger partial charge in [-0.3, -0.25) is 19.3 Å². The summed E-state index contributed by atoms with van der Waals surface area (Å²) in [6, 6.07) is 0. The Kier molecular flexibility index (Phi) is 24.7. The number of amides is 2. The van der Waals surface area contributed by atoms with Crippen molar-refractivity contribution in [2.75, 3.05) is 65.9 Å². The normalized spacial score (nSPS) is 10.2. The summed E-state index contributed by atoms with van der Waals surface area (Å²) in [6.45, 7) is 12.4. The molecule has 0 spiro atoms. The van der Waals surface area contributed by atoms with Crippen LogP contribution in [-0.4, -0.2) is 94.7 Å². The second-order valence-corrected chi connectivity index (χ2v) is 5.66. The van der Waals surface area contributed by atoms with E-state index in [1.165, 1.54) is 6.08 Å². The van der Waals surface area contributed by atoms with Crippen LogP contribution in [0.5, 0.6) is 0 Å². The molecule has 0 aliphatic carbocycles. The number of hydrogen-bond donors (Lipinski definition) is 2. The topological polar surface area (TPSA) is 124 Å². The molecule has 0 fully saturated rings. The lowest BCUT2D eigenvalue weighted by molar-refractivity contribution is -0.134. The van der Waals surface area contributed by atoms with Gasteiger partial charge in [-0.2, -0.15) is 0 Å². The van der Waals surface area contributed by atoms with Crippen molar-refractivity contribution < 1.29 is 38.4 Å². The quantitative estimate of drug-likeness (QED) is 0.173. The van der Waals surface area contributed by atoms with Crippen LogP contribution in [0, 0.1) is 0 Å². The number of hydrogen-bond acceptors (Lipinski definition) is 8. The van der Waals surface area contributed by atoms with E-state index in [1.807, 2.05) is 0 Å². The van der Waals surface area contributed by atoms with Gasteiger partial charge in [0.2, 0.25) is 6.41 Å². The molecule has 10 heteroatoms. The third kappa shape index (κ3) is 22.0. The molecule has 0 saturated carbocycles. The predicted octanol–water partition coefficient (Wildman–Crippen LogP) is 0.828. The Hall–Kier alpha value is -2.27. The smallest absolute Gasteiger partial charge is 0.290 e. The number of rotatable bonds is 19. The van der Waals surface area contributed by atoms with Crippen molar-refractivity contribution >= 4 is 18.8 Å². The average molecular weight is 433 g/mol. The minimum atomic E-state index is -0.374. The first-order valence-electron chi connectivity index (χ1n) is 9.76. The van der Waals surface area contributed by atoms with Crippen molar-refractivity contribution in [2.24, 2.45) is 0 Å². The van der Waals surface area contributed by atoms with Gasteiger partial charge in [-0.15, -0.1) is 0 Å². The fourth-order valence-corrected chi connectivity index (χ4v) is 1.87. The van der Waals surface area contributed by atoms with Crippen LogP contribution in [0.1, 0.15) is 20.3 Å². The molecule has 0 heterocycles. The Bertz CT molecular complexity index is 472.